The number of ether oxygens (including phenoxy) is 3. The van der Waals surface area contributed by atoms with Gasteiger partial charge in [0, 0.05) is 108 Å². The van der Waals surface area contributed by atoms with Gasteiger partial charge in [-0.3, -0.25) is 62.5 Å². The number of hydrogen-bond donors (Lipinski definition) is 1. The lowest BCUT2D eigenvalue weighted by Gasteiger charge is -2.37. The van der Waals surface area contributed by atoms with Crippen LogP contribution in [0.1, 0.15) is 140 Å². The van der Waals surface area contributed by atoms with Gasteiger partial charge in [-0.2, -0.15) is 0 Å². The molecule has 6 aliphatic carbocycles. The number of pyridine rings is 1. The Morgan fingerprint density at radius 2 is 0.869 bits per heavy atom. The summed E-state index contributed by atoms with van der Waals surface area (Å²) in [5, 5.41) is 11.1. The molecule has 1 N–H and O–H groups in total. The van der Waals surface area contributed by atoms with Crippen LogP contribution in [-0.4, -0.2) is 99.4 Å². The number of nitrogens with zero attached hydrogens (tertiary/aromatic N) is 6. The van der Waals surface area contributed by atoms with Crippen molar-refractivity contribution < 1.29 is 81.6 Å². The average molecular weight is 1330 g/mol. The summed E-state index contributed by atoms with van der Waals surface area (Å²) >= 11 is 0. The molecule has 11 aliphatic rings. The molecule has 10 amide bonds. The molecule has 4 saturated heterocycles. The zero-order valence-corrected chi connectivity index (χ0v) is 53.9. The number of aromatic hydroxyl groups is 1. The third kappa shape index (κ3) is 9.31. The summed E-state index contributed by atoms with van der Waals surface area (Å²) in [5.41, 5.74) is 1.44. The van der Waals surface area contributed by atoms with Crippen molar-refractivity contribution in [2.45, 2.75) is 90.6 Å². The van der Waals surface area contributed by atoms with E-state index in [0.717, 1.165) is 80.9 Å². The molecular formula is C76H64N6O17. The first kappa shape index (κ1) is 61.9. The topological polar surface area (TPSA) is 299 Å². The van der Waals surface area contributed by atoms with Crippen LogP contribution in [0.4, 0.5) is 28.4 Å². The van der Waals surface area contributed by atoms with Gasteiger partial charge in [0.25, 0.3) is 11.8 Å². The van der Waals surface area contributed by atoms with Crippen molar-refractivity contribution in [3.05, 3.63) is 154 Å². The second kappa shape index (κ2) is 22.7. The van der Waals surface area contributed by atoms with E-state index in [1.165, 1.54) is 61.8 Å². The molecule has 1 aromatic heterocycles. The fraction of sp³-hybridized carbons (Fsp3) is 0.368. The molecule has 9 fully saturated rings. The van der Waals surface area contributed by atoms with Gasteiger partial charge >= 0.3 is 5.97 Å². The number of fused-ring (bicyclic) bond motifs is 20. The molecule has 17 rings (SSSR count). The maximum atomic E-state index is 15.3. The van der Waals surface area contributed by atoms with Crippen molar-refractivity contribution in [2.75, 3.05) is 31.1 Å². The van der Waals surface area contributed by atoms with Gasteiger partial charge in [-0.25, -0.2) is 29.3 Å². The molecule has 8 bridgehead atoms. The normalized spacial score (nSPS) is 29.5. The van der Waals surface area contributed by atoms with Crippen LogP contribution >= 0.6 is 0 Å². The minimum atomic E-state index is -0.991. The van der Waals surface area contributed by atoms with Crippen LogP contribution in [0.3, 0.4) is 0 Å². The van der Waals surface area contributed by atoms with E-state index >= 15 is 19.2 Å². The van der Waals surface area contributed by atoms with Crippen LogP contribution in [0.5, 0.6) is 23.0 Å². The monoisotopic (exact) mass is 1330 g/mol. The molecule has 5 saturated carbocycles. The predicted molar refractivity (Wildman–Crippen MR) is 348 cm³/mol. The van der Waals surface area contributed by atoms with E-state index in [0.29, 0.717) is 17.0 Å². The first-order valence-corrected chi connectivity index (χ1v) is 33.9. The lowest BCUT2D eigenvalue weighted by Crippen LogP contribution is -2.53. The fourth-order valence-electron chi connectivity index (χ4n) is 19.1. The summed E-state index contributed by atoms with van der Waals surface area (Å²) in [6, 6.07) is 25.3. The van der Waals surface area contributed by atoms with E-state index in [2.05, 4.69) is 11.9 Å². The fourth-order valence-corrected chi connectivity index (χ4v) is 19.1. The summed E-state index contributed by atoms with van der Waals surface area (Å²) in [4.78, 5) is 197. The summed E-state index contributed by atoms with van der Waals surface area (Å²) < 4.78 is 18.2. The maximum Gasteiger partial charge on any atom is 0.343 e. The number of aryl methyl sites for hydroxylation is 1. The van der Waals surface area contributed by atoms with Gasteiger partial charge in [0.2, 0.25) is 47.3 Å². The zero-order chi connectivity index (χ0) is 68.6. The minimum Gasteiger partial charge on any atom is -0.508 e. The van der Waals surface area contributed by atoms with E-state index in [4.69, 9.17) is 14.2 Å². The number of aromatic nitrogens is 1. The van der Waals surface area contributed by atoms with Gasteiger partial charge in [0.1, 0.15) is 23.0 Å². The second-order valence-electron chi connectivity index (χ2n) is 28.5. The van der Waals surface area contributed by atoms with E-state index in [9.17, 15) is 48.3 Å². The van der Waals surface area contributed by atoms with E-state index in [-0.39, 0.29) is 99.7 Å². The molecule has 5 aliphatic heterocycles. The molecule has 5 aromatic carbocycles. The quantitative estimate of drug-likeness (QED) is 0.0370. The molecule has 6 heterocycles. The molecule has 99 heavy (non-hydrogen) atoms. The summed E-state index contributed by atoms with van der Waals surface area (Å²) in [5.74, 6) is -19.9. The van der Waals surface area contributed by atoms with Crippen molar-refractivity contribution in [3.63, 3.8) is 0 Å². The Morgan fingerprint density at radius 1 is 0.465 bits per heavy atom. The molecule has 6 aromatic rings. The van der Waals surface area contributed by atoms with Crippen molar-refractivity contribution in [1.82, 2.24) is 4.98 Å². The number of esters is 1. The van der Waals surface area contributed by atoms with E-state index < -0.39 is 159 Å². The highest BCUT2D eigenvalue weighted by molar-refractivity contribution is 6.37. The Kier molecular flexibility index (Phi) is 14.2. The van der Waals surface area contributed by atoms with Gasteiger partial charge in [-0.15, -0.1) is 0 Å². The molecule has 23 nitrogen and oxygen atoms in total. The van der Waals surface area contributed by atoms with Crippen LogP contribution in [-0.2, 0) is 43.1 Å². The van der Waals surface area contributed by atoms with Crippen molar-refractivity contribution in [2.24, 2.45) is 76.9 Å². The van der Waals surface area contributed by atoms with E-state index in [1.807, 2.05) is 12.1 Å². The number of rotatable bonds is 13. The number of piperidine rings is 4. The van der Waals surface area contributed by atoms with Crippen LogP contribution in [0.25, 0.3) is 0 Å². The summed E-state index contributed by atoms with van der Waals surface area (Å²) in [6.45, 7) is 6.04. The highest BCUT2D eigenvalue weighted by atomic mass is 16.5. The molecule has 23 heteroatoms. The minimum absolute atomic E-state index is 0.00294. The molecule has 12 atom stereocenters. The SMILES string of the molecule is CCCOC1CCC(c2ccc(C(=O)Oc3cc(C)cc(N4C(=O)C5CC(C4=O)C4C6CC(C(=O)N(c7cc(Oc8ccncc8)cc(N8C(=O)C9CC(C8=O)C8C%10CC(C(=O)N(c%11cc(O)cc(N%12C(=O)c%13cc%14c(cc%13C%12=O)C(=O)C(C)C%14=O)c%11)C%10=O)C98)c7)C6=O)C54)c3)cc2)CC1. The maximum absolute atomic E-state index is 15.3. The number of carbonyl (C=O) groups is 13. The lowest BCUT2D eigenvalue weighted by atomic mass is 9.82. The number of hydrogen-bond acceptors (Lipinski definition) is 18. The van der Waals surface area contributed by atoms with Crippen molar-refractivity contribution in [1.29, 1.82) is 0 Å². The largest absolute Gasteiger partial charge is 0.508 e. The number of ketones is 2. The number of benzene rings is 5. The Bertz CT molecular complexity index is 4570. The number of phenols is 1. The number of amides is 10. The highest BCUT2D eigenvalue weighted by Crippen LogP contribution is 2.64. The Morgan fingerprint density at radius 3 is 1.30 bits per heavy atom. The second-order valence-corrected chi connectivity index (χ2v) is 28.5. The van der Waals surface area contributed by atoms with Crippen molar-refractivity contribution >= 4 is 105 Å². The molecular weight excluding hydrogens is 1270 g/mol. The third-order valence-electron chi connectivity index (χ3n) is 23.3. The van der Waals surface area contributed by atoms with Gasteiger partial charge in [0.05, 0.1) is 57.1 Å². The first-order chi connectivity index (χ1) is 47.6. The van der Waals surface area contributed by atoms with Gasteiger partial charge in [-0.05, 0) is 173 Å². The number of anilines is 5. The zero-order valence-electron chi connectivity index (χ0n) is 53.9. The predicted octanol–water partition coefficient (Wildman–Crippen LogP) is 9.28. The molecule has 0 spiro atoms. The third-order valence-corrected chi connectivity index (χ3v) is 23.3. The molecule has 0 radical (unpaired) electrons. The average Bonchev–Trinajstić information content (AvgIpc) is 1.55. The van der Waals surface area contributed by atoms with Crippen molar-refractivity contribution in [3.8, 4) is 23.0 Å². The summed E-state index contributed by atoms with van der Waals surface area (Å²) in [6.07, 6.45) is 8.36. The standard InChI is InChI=1S/C76H64N6O17/c1-4-17-97-44-11-9-36(10-12-44)35-5-7-37(8-6-35)76(96)99-46-19-33(2)18-38(24-46)78-68(88)52-29-53(69(78)89)61-57-31-56(60(52)61)72(92)81(73(57)93)41-21-42(26-47(25-41)98-45-13-15-77-16-14-45)82-74(94)58-32-59(75(82)95)63-55-30-54(62(58)63)70(90)80(71(55)91)40-20-39(22-43(83)23-40)79-66(86)50-27-48-49(28-51(50)67(79)87)65(85)34(3)64(48)84/h5-8,13-16,18-28,34,36,44,52-63,83H,4,9-12,17,29-32H2,1-3H3. The van der Waals surface area contributed by atoms with E-state index in [1.54, 1.807) is 43.3 Å². The van der Waals surface area contributed by atoms with Gasteiger partial charge in [0.15, 0.2) is 11.6 Å². The Balaban J connectivity index is 0.622. The van der Waals surface area contributed by atoms with Crippen LogP contribution in [0, 0.1) is 83.9 Å². The Labute approximate surface area is 565 Å². The van der Waals surface area contributed by atoms with Crippen LogP contribution in [0.15, 0.2) is 116 Å². The number of phenolic OH excluding ortho intramolecular Hbond substituents is 1. The number of Topliss-reactive ketones (excluding diaryl/α,β-unsaturated/α-hetero) is 2. The van der Waals surface area contributed by atoms with Crippen LogP contribution in [0.2, 0.25) is 0 Å². The van der Waals surface area contributed by atoms with Gasteiger partial charge < -0.3 is 19.3 Å². The highest BCUT2D eigenvalue weighted by Gasteiger charge is 2.71. The first-order valence-electron chi connectivity index (χ1n) is 33.9. The van der Waals surface area contributed by atoms with Crippen LogP contribution < -0.4 is 34.0 Å². The number of carbonyl (C=O) groups excluding carboxylic acids is 13. The lowest BCUT2D eigenvalue weighted by molar-refractivity contribution is -0.139. The number of imide groups is 5. The molecule has 12 unspecified atom stereocenters. The smallest absolute Gasteiger partial charge is 0.343 e. The van der Waals surface area contributed by atoms with Gasteiger partial charge in [-0.1, -0.05) is 19.1 Å². The summed E-state index contributed by atoms with van der Waals surface area (Å²) in [7, 11) is 0. The Hall–Kier alpha value is -10.7. The molecule has 500 valence electrons.